The molecule has 2 aromatic rings. The van der Waals surface area contributed by atoms with E-state index in [4.69, 9.17) is 27.9 Å². The summed E-state index contributed by atoms with van der Waals surface area (Å²) in [6.07, 6.45) is 10.4. The molecule has 6 nitrogen and oxygen atoms in total. The number of nitrogens with zero attached hydrogens (tertiary/aromatic N) is 1. The number of nitrogens with two attached hydrogens (primary N) is 1. The molecule has 0 saturated heterocycles. The summed E-state index contributed by atoms with van der Waals surface area (Å²) in [4.78, 5) is 3.50. The molecule has 0 bridgehead atoms. The van der Waals surface area contributed by atoms with Crippen LogP contribution in [0.15, 0.2) is 36.0 Å². The van der Waals surface area contributed by atoms with Gasteiger partial charge in [-0.1, -0.05) is 0 Å². The number of H-pyrrole nitrogens is 1. The molecule has 0 saturated carbocycles. The molecule has 9 heteroatoms. The number of halogens is 2. The molecule has 0 aliphatic carbocycles. The average molecular weight is 444 g/mol. The molecule has 2 heterocycles. The van der Waals surface area contributed by atoms with Gasteiger partial charge in [0.15, 0.2) is 5.70 Å². The Morgan fingerprint density at radius 1 is 1.06 bits per heavy atom. The largest absolute Gasteiger partial charge is 0.586 e. The van der Waals surface area contributed by atoms with E-state index in [0.29, 0.717) is 30.2 Å². The summed E-state index contributed by atoms with van der Waals surface area (Å²) in [5.74, 6) is 2.01. The highest BCUT2D eigenvalue weighted by molar-refractivity contribution is 6.01. The highest BCUT2D eigenvalue weighted by atomic mass is 19.0. The van der Waals surface area contributed by atoms with Gasteiger partial charge in [-0.15, -0.1) is 0 Å². The summed E-state index contributed by atoms with van der Waals surface area (Å²) in [7, 11) is 10.9. The molecule has 3 N–H and O–H groups in total. The first-order valence-electron chi connectivity index (χ1n) is 9.69. The summed E-state index contributed by atoms with van der Waals surface area (Å²) in [6.45, 7) is 2.60. The lowest BCUT2D eigenvalue weighted by molar-refractivity contribution is -0.294. The van der Waals surface area contributed by atoms with E-state index < -0.39 is 0 Å². The Hall–Kier alpha value is -3.33. The number of rotatable bonds is 8. The Labute approximate surface area is 188 Å². The van der Waals surface area contributed by atoms with Gasteiger partial charge < -0.3 is 24.9 Å². The average Bonchev–Trinajstić information content (AvgIpc) is 3.34. The van der Waals surface area contributed by atoms with Crippen molar-refractivity contribution >= 4 is 31.9 Å². The minimum atomic E-state index is 0. The van der Waals surface area contributed by atoms with Crippen LogP contribution in [0.2, 0.25) is 0 Å². The third-order valence-electron chi connectivity index (χ3n) is 5.00. The number of hydrogen-bond donors (Lipinski definition) is 2. The van der Waals surface area contributed by atoms with Crippen LogP contribution in [0.1, 0.15) is 28.9 Å². The number of nitrogens with one attached hydrogen (secondary N) is 1. The van der Waals surface area contributed by atoms with Crippen molar-refractivity contribution in [1.82, 2.24) is 4.98 Å². The van der Waals surface area contributed by atoms with Crippen molar-refractivity contribution < 1.29 is 28.1 Å². The Balaban J connectivity index is 0.00000256. The zero-order valence-corrected chi connectivity index (χ0v) is 18.7. The smallest absolute Gasteiger partial charge is 0.496 e. The van der Waals surface area contributed by atoms with E-state index in [9.17, 15) is 0 Å². The van der Waals surface area contributed by atoms with Crippen molar-refractivity contribution in [1.29, 1.82) is 0 Å². The predicted octanol–water partition coefficient (Wildman–Crippen LogP) is 3.62. The monoisotopic (exact) mass is 444 g/mol. The van der Waals surface area contributed by atoms with Gasteiger partial charge in [-0.05, 0) is 43.7 Å². The first-order valence-corrected chi connectivity index (χ1v) is 9.69. The molecule has 0 amide bonds. The van der Waals surface area contributed by atoms with E-state index in [2.05, 4.69) is 18.0 Å². The van der Waals surface area contributed by atoms with Gasteiger partial charge in [-0.2, -0.15) is 0 Å². The molecule has 0 spiro atoms. The highest BCUT2D eigenvalue weighted by Crippen LogP contribution is 2.35. The molecule has 1 aromatic heterocycles. The van der Waals surface area contributed by atoms with Crippen LogP contribution in [0.5, 0.6) is 17.2 Å². The molecule has 0 atom stereocenters. The lowest BCUT2D eigenvalue weighted by atomic mass is 10.0. The first-order chi connectivity index (χ1) is 14.5. The molecule has 1 aliphatic heterocycles. The van der Waals surface area contributed by atoms with Crippen LogP contribution in [-0.4, -0.2) is 51.5 Å². The van der Waals surface area contributed by atoms with Crippen LogP contribution in [0.4, 0.5) is 9.41 Å². The van der Waals surface area contributed by atoms with Crippen molar-refractivity contribution in [3.05, 3.63) is 58.6 Å². The summed E-state index contributed by atoms with van der Waals surface area (Å²) < 4.78 is 18.0. The molecule has 0 unspecified atom stereocenters. The van der Waals surface area contributed by atoms with E-state index in [-0.39, 0.29) is 9.41 Å². The molecule has 0 fully saturated rings. The van der Waals surface area contributed by atoms with Crippen LogP contribution < -0.4 is 19.9 Å². The van der Waals surface area contributed by atoms with Crippen LogP contribution in [0.3, 0.4) is 0 Å². The van der Waals surface area contributed by atoms with Crippen LogP contribution in [-0.2, 0) is 0 Å². The fourth-order valence-electron chi connectivity index (χ4n) is 3.53. The van der Waals surface area contributed by atoms with E-state index >= 15 is 0 Å². The molecular weight excluding hydrogens is 415 g/mol. The number of hydrogen-bond acceptors (Lipinski definition) is 4. The maximum absolute atomic E-state index is 6.08. The van der Waals surface area contributed by atoms with Crippen molar-refractivity contribution in [2.45, 2.75) is 13.3 Å². The van der Waals surface area contributed by atoms with Crippen molar-refractivity contribution in [2.75, 3.05) is 27.9 Å². The number of aromatic nitrogens is 1. The zero-order chi connectivity index (χ0) is 21.7. The van der Waals surface area contributed by atoms with Gasteiger partial charge in [0.05, 0.1) is 32.6 Å². The van der Waals surface area contributed by atoms with Crippen molar-refractivity contribution in [3.63, 3.8) is 0 Å². The molecule has 2 radical (unpaired) electrons. The lowest BCUT2D eigenvalue weighted by Gasteiger charge is -2.12. The second-order valence-corrected chi connectivity index (χ2v) is 6.88. The van der Waals surface area contributed by atoms with Gasteiger partial charge in [0.25, 0.3) is 0 Å². The van der Waals surface area contributed by atoms with Gasteiger partial charge in [-0.3, -0.25) is 13.9 Å². The van der Waals surface area contributed by atoms with Crippen LogP contribution in [0.25, 0.3) is 17.7 Å². The third kappa shape index (κ3) is 5.47. The minimum Gasteiger partial charge on any atom is -0.496 e. The number of aryl methyl sites for hydroxylation is 1. The van der Waals surface area contributed by atoms with Gasteiger partial charge in [0.1, 0.15) is 23.5 Å². The molecule has 32 heavy (non-hydrogen) atoms. The molecule has 1 aromatic carbocycles. The fourth-order valence-corrected chi connectivity index (χ4v) is 3.53. The fraction of sp³-hybridized carbons (Fsp3) is 0.261. The predicted molar refractivity (Wildman–Crippen MR) is 127 cm³/mol. The molecule has 1 aliphatic rings. The summed E-state index contributed by atoms with van der Waals surface area (Å²) in [5, 5.41) is 0. The summed E-state index contributed by atoms with van der Waals surface area (Å²) >= 11 is 0. The van der Waals surface area contributed by atoms with Gasteiger partial charge in [0, 0.05) is 35.6 Å². The van der Waals surface area contributed by atoms with Crippen molar-refractivity contribution in [2.24, 2.45) is 5.73 Å². The Morgan fingerprint density at radius 2 is 1.72 bits per heavy atom. The summed E-state index contributed by atoms with van der Waals surface area (Å²) in [6, 6.07) is 5.75. The Bertz CT molecular complexity index is 1030. The SMILES string of the molecule is F.F.[B][N+]1=CC=CC1=C(CCN)c1[nH]c(/C=C/c2c(OC)cc(OC)cc2OC)cc1C. The van der Waals surface area contributed by atoms with E-state index in [1.165, 1.54) is 0 Å². The van der Waals surface area contributed by atoms with E-state index in [0.717, 1.165) is 33.8 Å². The normalized spacial score (nSPS) is 14.0. The maximum atomic E-state index is 6.08. The quantitative estimate of drug-likeness (QED) is 0.611. The number of aromatic amines is 1. The van der Waals surface area contributed by atoms with Gasteiger partial charge in [-0.25, -0.2) is 0 Å². The van der Waals surface area contributed by atoms with Crippen LogP contribution >= 0.6 is 0 Å². The second-order valence-electron chi connectivity index (χ2n) is 6.88. The lowest BCUT2D eigenvalue weighted by Crippen LogP contribution is -2.09. The van der Waals surface area contributed by atoms with Gasteiger partial charge >= 0.3 is 7.98 Å². The first kappa shape index (κ1) is 26.7. The topological polar surface area (TPSA) is 72.5 Å². The minimum absolute atomic E-state index is 0. The highest BCUT2D eigenvalue weighted by Gasteiger charge is 2.20. The van der Waals surface area contributed by atoms with E-state index in [1.54, 1.807) is 25.8 Å². The second kappa shape index (κ2) is 11.9. The standard InChI is InChI=1S/C23H27BN3O3.2FH/c1-15-12-16(26-23(15)18(9-10-25)20-6-5-11-27(20)24)7-8-19-21(29-3)13-17(28-2)14-22(19)30-4;;/h5-8,11-14,26H,9-10,25H2,1-4H3;2*1H/q+1;;/b8-7+;;. The number of ether oxygens (including phenoxy) is 3. The molecule has 170 valence electrons. The number of benzene rings is 1. The number of allylic oxidation sites excluding steroid dienone is 2. The van der Waals surface area contributed by atoms with E-state index in [1.807, 2.05) is 42.7 Å². The Morgan fingerprint density at radius 3 is 2.22 bits per heavy atom. The third-order valence-corrected chi connectivity index (χ3v) is 5.00. The molecular formula is C23H29BF2N3O3+. The van der Waals surface area contributed by atoms with Gasteiger partial charge in [0.2, 0.25) is 0 Å². The molecule has 3 rings (SSSR count). The zero-order valence-electron chi connectivity index (χ0n) is 18.7. The van der Waals surface area contributed by atoms with Crippen molar-refractivity contribution in [3.8, 4) is 17.2 Å². The number of methoxy groups -OCH3 is 3. The summed E-state index contributed by atoms with van der Waals surface area (Å²) in [5.41, 5.74) is 11.8. The Kier molecular flexibility index (Phi) is 9.93. The maximum Gasteiger partial charge on any atom is 0.586 e. The van der Waals surface area contributed by atoms with Crippen LogP contribution in [0, 0.1) is 6.92 Å².